The summed E-state index contributed by atoms with van der Waals surface area (Å²) in [6.07, 6.45) is 7.71. The molecule has 4 aliphatic rings. The van der Waals surface area contributed by atoms with Crippen molar-refractivity contribution >= 4 is 11.9 Å². The van der Waals surface area contributed by atoms with Gasteiger partial charge in [-0.2, -0.15) is 0 Å². The summed E-state index contributed by atoms with van der Waals surface area (Å²) in [6.45, 7) is 8.33. The van der Waals surface area contributed by atoms with E-state index in [1.54, 1.807) is 7.11 Å². The molecule has 0 N–H and O–H groups in total. The molecule has 5 nitrogen and oxygen atoms in total. The molecular formula is C25H40O5. The second-order valence-corrected chi connectivity index (χ2v) is 11.4. The Labute approximate surface area is 181 Å². The minimum Gasteiger partial charge on any atom is -0.463 e. The van der Waals surface area contributed by atoms with E-state index in [-0.39, 0.29) is 24.6 Å². The zero-order valence-corrected chi connectivity index (χ0v) is 19.4. The van der Waals surface area contributed by atoms with Crippen molar-refractivity contribution in [2.45, 2.75) is 78.7 Å². The van der Waals surface area contributed by atoms with Crippen LogP contribution in [-0.4, -0.2) is 38.4 Å². The van der Waals surface area contributed by atoms with Crippen molar-refractivity contribution in [1.29, 1.82) is 0 Å². The molecule has 0 saturated heterocycles. The lowest BCUT2D eigenvalue weighted by Gasteiger charge is -2.40. The molecule has 4 fully saturated rings. The molecule has 8 atom stereocenters. The van der Waals surface area contributed by atoms with Gasteiger partial charge in [-0.15, -0.1) is 0 Å². The number of hydrogen-bond donors (Lipinski definition) is 0. The van der Waals surface area contributed by atoms with Gasteiger partial charge in [-0.1, -0.05) is 6.92 Å². The minimum atomic E-state index is -0.721. The Balaban J connectivity index is 1.36. The van der Waals surface area contributed by atoms with E-state index < -0.39 is 10.8 Å². The summed E-state index contributed by atoms with van der Waals surface area (Å²) in [6, 6.07) is 0. The first-order valence-corrected chi connectivity index (χ1v) is 12.1. The zero-order valence-electron chi connectivity index (χ0n) is 19.4. The predicted molar refractivity (Wildman–Crippen MR) is 114 cm³/mol. The maximum Gasteiger partial charge on any atom is 0.311 e. The molecule has 0 heterocycles. The van der Waals surface area contributed by atoms with Crippen LogP contribution in [0.5, 0.6) is 0 Å². The van der Waals surface area contributed by atoms with E-state index in [4.69, 9.17) is 14.2 Å². The van der Waals surface area contributed by atoms with Crippen molar-refractivity contribution in [3.8, 4) is 0 Å². The number of methoxy groups -OCH3 is 1. The van der Waals surface area contributed by atoms with Crippen LogP contribution < -0.4 is 0 Å². The quantitative estimate of drug-likeness (QED) is 0.309. The van der Waals surface area contributed by atoms with Gasteiger partial charge >= 0.3 is 11.9 Å². The average molecular weight is 421 g/mol. The van der Waals surface area contributed by atoms with Gasteiger partial charge in [-0.25, -0.2) is 0 Å². The molecule has 0 aromatic carbocycles. The molecule has 0 aromatic rings. The molecule has 0 spiro atoms. The summed E-state index contributed by atoms with van der Waals surface area (Å²) in [7, 11) is 1.58. The highest BCUT2D eigenvalue weighted by atomic mass is 16.6. The molecule has 8 unspecified atom stereocenters. The number of ether oxygens (including phenoxy) is 3. The third kappa shape index (κ3) is 3.69. The second-order valence-electron chi connectivity index (χ2n) is 11.4. The van der Waals surface area contributed by atoms with Gasteiger partial charge in [-0.3, -0.25) is 9.59 Å². The maximum atomic E-state index is 13.2. The van der Waals surface area contributed by atoms with Crippen LogP contribution in [0.1, 0.15) is 72.6 Å². The summed E-state index contributed by atoms with van der Waals surface area (Å²) in [4.78, 5) is 25.9. The van der Waals surface area contributed by atoms with E-state index in [0.717, 1.165) is 36.0 Å². The van der Waals surface area contributed by atoms with Gasteiger partial charge in [0.25, 0.3) is 0 Å². The zero-order chi connectivity index (χ0) is 21.7. The summed E-state index contributed by atoms with van der Waals surface area (Å²) in [5, 5.41) is 0. The van der Waals surface area contributed by atoms with Crippen LogP contribution in [0.4, 0.5) is 0 Å². The van der Waals surface area contributed by atoms with Crippen LogP contribution in [0.2, 0.25) is 0 Å². The minimum absolute atomic E-state index is 0.0870. The molecule has 4 rings (SSSR count). The largest absolute Gasteiger partial charge is 0.463 e. The van der Waals surface area contributed by atoms with E-state index in [1.165, 1.54) is 25.7 Å². The number of fused-ring (bicyclic) bond motifs is 9. The normalized spacial score (nSPS) is 38.4. The molecule has 0 aliphatic heterocycles. The number of hydrogen-bond acceptors (Lipinski definition) is 5. The van der Waals surface area contributed by atoms with Gasteiger partial charge < -0.3 is 14.2 Å². The van der Waals surface area contributed by atoms with Crippen LogP contribution in [0.25, 0.3) is 0 Å². The Morgan fingerprint density at radius 2 is 1.60 bits per heavy atom. The lowest BCUT2D eigenvalue weighted by atomic mass is 9.70. The molecule has 4 aliphatic carbocycles. The summed E-state index contributed by atoms with van der Waals surface area (Å²) >= 11 is 0. The van der Waals surface area contributed by atoms with Crippen molar-refractivity contribution in [2.24, 2.45) is 46.3 Å². The molecule has 4 saturated carbocycles. The van der Waals surface area contributed by atoms with Crippen molar-refractivity contribution in [2.75, 3.05) is 20.3 Å². The third-order valence-corrected chi connectivity index (χ3v) is 9.11. The molecule has 30 heavy (non-hydrogen) atoms. The van der Waals surface area contributed by atoms with E-state index in [9.17, 15) is 9.59 Å². The van der Waals surface area contributed by atoms with Gasteiger partial charge in [0.15, 0.2) is 0 Å². The van der Waals surface area contributed by atoms with Crippen molar-refractivity contribution < 1.29 is 23.8 Å². The number of carbonyl (C=O) groups excluding carboxylic acids is 2. The molecular weight excluding hydrogens is 380 g/mol. The van der Waals surface area contributed by atoms with E-state index >= 15 is 0 Å². The number of rotatable bonds is 9. The van der Waals surface area contributed by atoms with Crippen molar-refractivity contribution in [3.05, 3.63) is 0 Å². The van der Waals surface area contributed by atoms with Crippen LogP contribution in [0.3, 0.4) is 0 Å². The Morgan fingerprint density at radius 3 is 2.27 bits per heavy atom. The first-order chi connectivity index (χ1) is 14.2. The lowest BCUT2D eigenvalue weighted by molar-refractivity contribution is -0.170. The second kappa shape index (κ2) is 8.11. The van der Waals surface area contributed by atoms with Gasteiger partial charge in [0.2, 0.25) is 0 Å². The van der Waals surface area contributed by atoms with E-state index in [2.05, 4.69) is 0 Å². The van der Waals surface area contributed by atoms with Crippen LogP contribution >= 0.6 is 0 Å². The SMILES string of the molecule is CCC(C)(CC(C)(C)C(=O)OC1CC2CC1C1C3CCC(C3)C21)C(=O)OCCOC. The third-order valence-electron chi connectivity index (χ3n) is 9.11. The first-order valence-electron chi connectivity index (χ1n) is 12.1. The maximum absolute atomic E-state index is 13.2. The van der Waals surface area contributed by atoms with Crippen LogP contribution in [0, 0.1) is 46.3 Å². The lowest BCUT2D eigenvalue weighted by Crippen LogP contribution is -2.42. The first kappa shape index (κ1) is 22.1. The van der Waals surface area contributed by atoms with Crippen LogP contribution in [0.15, 0.2) is 0 Å². The fourth-order valence-electron chi connectivity index (χ4n) is 7.72. The highest BCUT2D eigenvalue weighted by molar-refractivity contribution is 5.80. The monoisotopic (exact) mass is 420 g/mol. The Hall–Kier alpha value is -1.10. The van der Waals surface area contributed by atoms with Gasteiger partial charge in [0.1, 0.15) is 12.7 Å². The summed E-state index contributed by atoms with van der Waals surface area (Å²) < 4.78 is 16.6. The van der Waals surface area contributed by atoms with Gasteiger partial charge in [0, 0.05) is 7.11 Å². The van der Waals surface area contributed by atoms with Gasteiger partial charge in [-0.05, 0) is 101 Å². The molecule has 0 amide bonds. The Bertz CT molecular complexity index is 672. The number of carbonyl (C=O) groups is 2. The van der Waals surface area contributed by atoms with E-state index in [0.29, 0.717) is 25.4 Å². The predicted octanol–water partition coefficient (Wildman–Crippen LogP) is 4.62. The smallest absolute Gasteiger partial charge is 0.311 e. The summed E-state index contributed by atoms with van der Waals surface area (Å²) in [5.74, 6) is 4.51. The molecule has 0 radical (unpaired) electrons. The molecule has 0 aromatic heterocycles. The van der Waals surface area contributed by atoms with Crippen molar-refractivity contribution in [3.63, 3.8) is 0 Å². The fourth-order valence-corrected chi connectivity index (χ4v) is 7.72. The molecule has 4 bridgehead atoms. The average Bonchev–Trinajstić information content (AvgIpc) is 3.47. The Morgan fingerprint density at radius 1 is 0.900 bits per heavy atom. The Kier molecular flexibility index (Phi) is 5.97. The highest BCUT2D eigenvalue weighted by Crippen LogP contribution is 2.67. The molecule has 5 heteroatoms. The molecule has 170 valence electrons. The highest BCUT2D eigenvalue weighted by Gasteiger charge is 2.63. The summed E-state index contributed by atoms with van der Waals surface area (Å²) in [5.41, 5.74) is -1.43. The standard InChI is InChI=1S/C25H40O5/c1-6-25(4,23(27)29-10-9-28-5)14-24(2,3)22(26)30-19-13-17-12-18(19)21-16-8-7-15(11-16)20(17)21/h15-21H,6-14H2,1-5H3. The number of esters is 2. The fraction of sp³-hybridized carbons (Fsp3) is 0.920. The van der Waals surface area contributed by atoms with E-state index in [1.807, 2.05) is 27.7 Å². The topological polar surface area (TPSA) is 61.8 Å². The van der Waals surface area contributed by atoms with Gasteiger partial charge in [0.05, 0.1) is 17.4 Å². The van der Waals surface area contributed by atoms with Crippen molar-refractivity contribution in [1.82, 2.24) is 0 Å². The van der Waals surface area contributed by atoms with Crippen LogP contribution in [-0.2, 0) is 23.8 Å².